The van der Waals surface area contributed by atoms with Gasteiger partial charge in [-0.1, -0.05) is 17.7 Å². The van der Waals surface area contributed by atoms with Gasteiger partial charge in [0.15, 0.2) is 0 Å². The lowest BCUT2D eigenvalue weighted by Crippen LogP contribution is -2.17. The zero-order valence-corrected chi connectivity index (χ0v) is 14.6. The fourth-order valence-electron chi connectivity index (χ4n) is 1.94. The number of hydrogen-bond donors (Lipinski definition) is 2. The first-order valence-corrected chi connectivity index (χ1v) is 8.71. The predicted molar refractivity (Wildman–Crippen MR) is 90.3 cm³/mol. The van der Waals surface area contributed by atoms with Crippen molar-refractivity contribution in [3.05, 3.63) is 51.0 Å². The maximum absolute atomic E-state index is 12.6. The van der Waals surface area contributed by atoms with Crippen LogP contribution < -0.4 is 10.5 Å². The van der Waals surface area contributed by atoms with Crippen LogP contribution in [0.3, 0.4) is 0 Å². The van der Waals surface area contributed by atoms with E-state index >= 15 is 0 Å². The Bertz CT molecular complexity index is 807. The first kappa shape index (κ1) is 16.1. The summed E-state index contributed by atoms with van der Waals surface area (Å²) in [5, 5.41) is 0.510. The summed E-state index contributed by atoms with van der Waals surface area (Å²) < 4.78 is 28.3. The summed E-state index contributed by atoms with van der Waals surface area (Å²) in [4.78, 5) is 0.101. The Hall–Kier alpha value is -1.24. The molecule has 0 saturated carbocycles. The van der Waals surface area contributed by atoms with Crippen molar-refractivity contribution in [3.63, 3.8) is 0 Å². The number of anilines is 2. The number of nitrogen functional groups attached to an aromatic ring is 1. The van der Waals surface area contributed by atoms with E-state index in [0.29, 0.717) is 20.7 Å². The van der Waals surface area contributed by atoms with Crippen LogP contribution in [-0.4, -0.2) is 8.42 Å². The van der Waals surface area contributed by atoms with Crippen LogP contribution in [0.2, 0.25) is 5.02 Å². The van der Waals surface area contributed by atoms with Gasteiger partial charge in [-0.05, 0) is 65.2 Å². The number of nitrogens with one attached hydrogen (secondary N) is 1. The topological polar surface area (TPSA) is 72.2 Å². The standard InChI is InChI=1S/C14H14BrClN2O2S/c1-8-3-5-12(17)14(9(8)2)21(19,20)18-13-6-4-10(16)7-11(13)15/h3-7,18H,17H2,1-2H3. The highest BCUT2D eigenvalue weighted by molar-refractivity contribution is 9.10. The third kappa shape index (κ3) is 3.33. The van der Waals surface area contributed by atoms with Crippen LogP contribution in [0.1, 0.15) is 11.1 Å². The Kier molecular flexibility index (Phi) is 4.51. The fraction of sp³-hybridized carbons (Fsp3) is 0.143. The van der Waals surface area contributed by atoms with Crippen molar-refractivity contribution in [2.45, 2.75) is 18.7 Å². The van der Waals surface area contributed by atoms with E-state index in [9.17, 15) is 8.42 Å². The molecule has 2 aromatic rings. The quantitative estimate of drug-likeness (QED) is 0.776. The summed E-state index contributed by atoms with van der Waals surface area (Å²) in [7, 11) is -3.78. The van der Waals surface area contributed by atoms with Crippen LogP contribution in [0.4, 0.5) is 11.4 Å². The zero-order valence-electron chi connectivity index (χ0n) is 11.4. The molecule has 0 heterocycles. The van der Waals surface area contributed by atoms with E-state index in [1.54, 1.807) is 37.3 Å². The first-order valence-electron chi connectivity index (χ1n) is 6.06. The monoisotopic (exact) mass is 388 g/mol. The highest BCUT2D eigenvalue weighted by Crippen LogP contribution is 2.31. The van der Waals surface area contributed by atoms with Gasteiger partial charge in [0.25, 0.3) is 10.0 Å². The number of hydrogen-bond acceptors (Lipinski definition) is 3. The maximum atomic E-state index is 12.6. The Balaban J connectivity index is 2.51. The zero-order chi connectivity index (χ0) is 15.8. The molecule has 0 radical (unpaired) electrons. The predicted octanol–water partition coefficient (Wildman–Crippen LogP) is 4.10. The molecule has 0 aliphatic heterocycles. The normalized spacial score (nSPS) is 11.4. The minimum Gasteiger partial charge on any atom is -0.398 e. The number of benzene rings is 2. The molecular weight excluding hydrogens is 376 g/mol. The van der Waals surface area contributed by atoms with Crippen LogP contribution in [0.25, 0.3) is 0 Å². The van der Waals surface area contributed by atoms with Crippen LogP contribution in [0, 0.1) is 13.8 Å². The number of sulfonamides is 1. The molecule has 0 fully saturated rings. The van der Waals surface area contributed by atoms with Crippen molar-refractivity contribution in [1.29, 1.82) is 0 Å². The minimum absolute atomic E-state index is 0.101. The third-order valence-electron chi connectivity index (χ3n) is 3.15. The average molecular weight is 390 g/mol. The number of aryl methyl sites for hydroxylation is 1. The van der Waals surface area contributed by atoms with Gasteiger partial charge in [-0.15, -0.1) is 0 Å². The molecule has 3 N–H and O–H groups in total. The van der Waals surface area contributed by atoms with Crippen LogP contribution >= 0.6 is 27.5 Å². The largest absolute Gasteiger partial charge is 0.398 e. The molecule has 0 bridgehead atoms. The highest BCUT2D eigenvalue weighted by atomic mass is 79.9. The Morgan fingerprint density at radius 1 is 1.19 bits per heavy atom. The summed E-state index contributed by atoms with van der Waals surface area (Å²) in [6.45, 7) is 3.57. The number of nitrogens with two attached hydrogens (primary N) is 1. The fourth-order valence-corrected chi connectivity index (χ4v) is 4.36. The molecule has 4 nitrogen and oxygen atoms in total. The van der Waals surface area contributed by atoms with E-state index in [2.05, 4.69) is 20.7 Å². The molecule has 0 atom stereocenters. The van der Waals surface area contributed by atoms with Crippen molar-refractivity contribution in [2.75, 3.05) is 10.5 Å². The SMILES string of the molecule is Cc1ccc(N)c(S(=O)(=O)Nc2ccc(Cl)cc2Br)c1C. The molecule has 0 amide bonds. The molecule has 0 aromatic heterocycles. The molecule has 7 heteroatoms. The first-order chi connectivity index (χ1) is 9.72. The van der Waals surface area contributed by atoms with Gasteiger partial charge < -0.3 is 5.73 Å². The third-order valence-corrected chi connectivity index (χ3v) is 5.61. The Morgan fingerprint density at radius 2 is 1.86 bits per heavy atom. The van der Waals surface area contributed by atoms with Gasteiger partial charge in [-0.2, -0.15) is 0 Å². The van der Waals surface area contributed by atoms with Crippen molar-refractivity contribution in [2.24, 2.45) is 0 Å². The smallest absolute Gasteiger partial charge is 0.264 e. The molecule has 112 valence electrons. The van der Waals surface area contributed by atoms with E-state index < -0.39 is 10.0 Å². The van der Waals surface area contributed by atoms with Crippen LogP contribution in [0.5, 0.6) is 0 Å². The molecule has 21 heavy (non-hydrogen) atoms. The van der Waals surface area contributed by atoms with Crippen LogP contribution in [0.15, 0.2) is 39.7 Å². The van der Waals surface area contributed by atoms with Crippen molar-refractivity contribution >= 4 is 48.9 Å². The minimum atomic E-state index is -3.78. The maximum Gasteiger partial charge on any atom is 0.264 e. The van der Waals surface area contributed by atoms with Crippen molar-refractivity contribution < 1.29 is 8.42 Å². The lowest BCUT2D eigenvalue weighted by molar-refractivity contribution is 0.601. The summed E-state index contributed by atoms with van der Waals surface area (Å²) >= 11 is 9.13. The second kappa shape index (κ2) is 5.87. The lowest BCUT2D eigenvalue weighted by Gasteiger charge is -2.15. The van der Waals surface area contributed by atoms with Gasteiger partial charge in [0.05, 0.1) is 11.4 Å². The highest BCUT2D eigenvalue weighted by Gasteiger charge is 2.22. The summed E-state index contributed by atoms with van der Waals surface area (Å²) in [5.74, 6) is 0. The van der Waals surface area contributed by atoms with E-state index in [1.807, 2.05) is 6.92 Å². The van der Waals surface area contributed by atoms with Gasteiger partial charge in [0.1, 0.15) is 4.90 Å². The van der Waals surface area contributed by atoms with Gasteiger partial charge in [0, 0.05) is 9.50 Å². The van der Waals surface area contributed by atoms with E-state index in [0.717, 1.165) is 5.56 Å². The summed E-state index contributed by atoms with van der Waals surface area (Å²) in [6, 6.07) is 8.20. The van der Waals surface area contributed by atoms with Gasteiger partial charge in [0.2, 0.25) is 0 Å². The molecule has 0 aliphatic rings. The second-order valence-electron chi connectivity index (χ2n) is 4.66. The van der Waals surface area contributed by atoms with Crippen LogP contribution in [-0.2, 0) is 10.0 Å². The summed E-state index contributed by atoms with van der Waals surface area (Å²) in [6.07, 6.45) is 0. The second-order valence-corrected chi connectivity index (χ2v) is 7.57. The van der Waals surface area contributed by atoms with Crippen molar-refractivity contribution in [1.82, 2.24) is 0 Å². The van der Waals surface area contributed by atoms with Gasteiger partial charge >= 0.3 is 0 Å². The Labute approximate surface area is 137 Å². The van der Waals surface area contributed by atoms with E-state index in [1.165, 1.54) is 0 Å². The molecule has 0 saturated heterocycles. The summed E-state index contributed by atoms with van der Waals surface area (Å²) in [5.41, 5.74) is 7.95. The van der Waals surface area contributed by atoms with E-state index in [4.69, 9.17) is 17.3 Å². The molecular formula is C14H14BrClN2O2S. The molecule has 0 aliphatic carbocycles. The lowest BCUT2D eigenvalue weighted by atomic mass is 10.1. The molecule has 0 spiro atoms. The number of rotatable bonds is 3. The van der Waals surface area contributed by atoms with Gasteiger partial charge in [-0.3, -0.25) is 4.72 Å². The molecule has 0 unspecified atom stereocenters. The number of halogens is 2. The molecule has 2 rings (SSSR count). The van der Waals surface area contributed by atoms with Crippen molar-refractivity contribution in [3.8, 4) is 0 Å². The van der Waals surface area contributed by atoms with E-state index in [-0.39, 0.29) is 10.6 Å². The Morgan fingerprint density at radius 3 is 2.48 bits per heavy atom. The molecule has 2 aromatic carbocycles. The van der Waals surface area contributed by atoms with Gasteiger partial charge in [-0.25, -0.2) is 8.42 Å². The average Bonchev–Trinajstić information content (AvgIpc) is 2.37.